The molecule has 0 spiro atoms. The minimum absolute atomic E-state index is 0.0273. The van der Waals surface area contributed by atoms with Crippen molar-refractivity contribution in [2.45, 2.75) is 0 Å². The Labute approximate surface area is 114 Å². The summed E-state index contributed by atoms with van der Waals surface area (Å²) in [4.78, 5) is 25.6. The van der Waals surface area contributed by atoms with E-state index in [2.05, 4.69) is 4.98 Å². The molecule has 2 aromatic carbocycles. The van der Waals surface area contributed by atoms with E-state index in [1.807, 2.05) is 24.3 Å². The van der Waals surface area contributed by atoms with E-state index in [-0.39, 0.29) is 11.5 Å². The number of aromatic nitrogens is 1. The second kappa shape index (κ2) is 4.62. The van der Waals surface area contributed by atoms with E-state index in [0.717, 1.165) is 10.9 Å². The molecule has 0 bridgehead atoms. The van der Waals surface area contributed by atoms with E-state index >= 15 is 0 Å². The van der Waals surface area contributed by atoms with Gasteiger partial charge in [-0.05, 0) is 18.2 Å². The maximum Gasteiger partial charge on any atom is 0.269 e. The quantitative estimate of drug-likeness (QED) is 0.449. The smallest absolute Gasteiger partial charge is 0.269 e. The summed E-state index contributed by atoms with van der Waals surface area (Å²) in [5, 5.41) is 11.4. The number of carbonyl (C=O) groups excluding carboxylic acids is 1. The van der Waals surface area contributed by atoms with Crippen LogP contribution in [0.4, 0.5) is 5.69 Å². The van der Waals surface area contributed by atoms with E-state index in [4.69, 9.17) is 0 Å². The molecule has 0 unspecified atom stereocenters. The summed E-state index contributed by atoms with van der Waals surface area (Å²) in [7, 11) is 0. The Bertz CT molecular complexity index is 803. The molecular weight excluding hydrogens is 256 g/mol. The number of nitrogens with zero attached hydrogens (tertiary/aromatic N) is 1. The van der Waals surface area contributed by atoms with E-state index in [1.54, 1.807) is 6.20 Å². The van der Waals surface area contributed by atoms with Crippen molar-refractivity contribution < 1.29 is 9.72 Å². The molecule has 5 nitrogen and oxygen atoms in total. The number of benzene rings is 2. The van der Waals surface area contributed by atoms with E-state index in [9.17, 15) is 14.9 Å². The summed E-state index contributed by atoms with van der Waals surface area (Å²) < 4.78 is 0. The first kappa shape index (κ1) is 12.1. The molecule has 1 N–H and O–H groups in total. The van der Waals surface area contributed by atoms with Crippen LogP contribution >= 0.6 is 0 Å². The number of H-pyrrole nitrogens is 1. The zero-order chi connectivity index (χ0) is 14.1. The molecule has 1 aromatic heterocycles. The average molecular weight is 266 g/mol. The minimum atomic E-state index is -0.486. The molecule has 0 amide bonds. The second-order valence-corrected chi connectivity index (χ2v) is 4.38. The molecule has 5 heteroatoms. The van der Waals surface area contributed by atoms with Gasteiger partial charge in [-0.3, -0.25) is 14.9 Å². The lowest BCUT2D eigenvalue weighted by atomic mass is 10.0. The van der Waals surface area contributed by atoms with Gasteiger partial charge in [-0.2, -0.15) is 0 Å². The first-order valence-electron chi connectivity index (χ1n) is 6.02. The number of rotatable bonds is 3. The first-order chi connectivity index (χ1) is 9.66. The molecule has 98 valence electrons. The summed E-state index contributed by atoms with van der Waals surface area (Å²) in [6.45, 7) is 0. The topological polar surface area (TPSA) is 76.0 Å². The summed E-state index contributed by atoms with van der Waals surface area (Å²) in [6, 6.07) is 13.1. The van der Waals surface area contributed by atoms with Crippen LogP contribution in [0.5, 0.6) is 0 Å². The van der Waals surface area contributed by atoms with Crippen molar-refractivity contribution >= 4 is 22.4 Å². The zero-order valence-corrected chi connectivity index (χ0v) is 10.4. The van der Waals surface area contributed by atoms with Crippen LogP contribution in [0.1, 0.15) is 15.9 Å². The Kier molecular flexibility index (Phi) is 2.80. The molecule has 0 radical (unpaired) electrons. The van der Waals surface area contributed by atoms with Crippen LogP contribution in [0.25, 0.3) is 10.9 Å². The lowest BCUT2D eigenvalue weighted by molar-refractivity contribution is -0.384. The number of para-hydroxylation sites is 1. The molecule has 0 fully saturated rings. The molecule has 20 heavy (non-hydrogen) atoms. The van der Waals surface area contributed by atoms with Gasteiger partial charge in [-0.25, -0.2) is 0 Å². The van der Waals surface area contributed by atoms with Crippen LogP contribution in [-0.2, 0) is 0 Å². The van der Waals surface area contributed by atoms with Crippen molar-refractivity contribution in [1.82, 2.24) is 4.98 Å². The van der Waals surface area contributed by atoms with Gasteiger partial charge in [-0.15, -0.1) is 0 Å². The van der Waals surface area contributed by atoms with Crippen LogP contribution in [0.15, 0.2) is 54.7 Å². The summed E-state index contributed by atoms with van der Waals surface area (Å²) in [5.41, 5.74) is 1.85. The molecule has 1 heterocycles. The Morgan fingerprint density at radius 3 is 2.45 bits per heavy atom. The number of hydrogen-bond acceptors (Lipinski definition) is 3. The average Bonchev–Trinajstić information content (AvgIpc) is 2.90. The predicted molar refractivity (Wildman–Crippen MR) is 74.8 cm³/mol. The predicted octanol–water partition coefficient (Wildman–Crippen LogP) is 3.31. The SMILES string of the molecule is O=C(c1ccc([N+](=O)[O-])cc1)c1c[nH]c2ccccc12. The third-order valence-corrected chi connectivity index (χ3v) is 3.17. The van der Waals surface area contributed by atoms with Crippen molar-refractivity contribution in [1.29, 1.82) is 0 Å². The van der Waals surface area contributed by atoms with Gasteiger partial charge in [0.1, 0.15) is 0 Å². The fraction of sp³-hybridized carbons (Fsp3) is 0. The number of nitrogens with one attached hydrogen (secondary N) is 1. The molecule has 0 aliphatic carbocycles. The summed E-state index contributed by atoms with van der Waals surface area (Å²) in [5.74, 6) is -0.155. The highest BCUT2D eigenvalue weighted by Crippen LogP contribution is 2.22. The number of fused-ring (bicyclic) bond motifs is 1. The lowest BCUT2D eigenvalue weighted by Crippen LogP contribution is -2.00. The number of hydrogen-bond donors (Lipinski definition) is 1. The van der Waals surface area contributed by atoms with Crippen molar-refractivity contribution in [3.05, 3.63) is 76.0 Å². The largest absolute Gasteiger partial charge is 0.360 e. The number of nitro benzene ring substituents is 1. The molecule has 0 atom stereocenters. The second-order valence-electron chi connectivity index (χ2n) is 4.38. The number of non-ortho nitro benzene ring substituents is 1. The van der Waals surface area contributed by atoms with Crippen LogP contribution in [0.3, 0.4) is 0 Å². The number of nitro groups is 1. The highest BCUT2D eigenvalue weighted by atomic mass is 16.6. The standard InChI is InChI=1S/C15H10N2O3/c18-15(10-5-7-11(8-6-10)17(19)20)13-9-16-14-4-2-1-3-12(13)14/h1-9,16H. The normalized spacial score (nSPS) is 10.6. The highest BCUT2D eigenvalue weighted by Gasteiger charge is 2.15. The van der Waals surface area contributed by atoms with Crippen LogP contribution in [0.2, 0.25) is 0 Å². The summed E-state index contributed by atoms with van der Waals surface area (Å²) in [6.07, 6.45) is 1.66. The van der Waals surface area contributed by atoms with Crippen LogP contribution in [0, 0.1) is 10.1 Å². The Morgan fingerprint density at radius 2 is 1.75 bits per heavy atom. The summed E-state index contributed by atoms with van der Waals surface area (Å²) >= 11 is 0. The zero-order valence-electron chi connectivity index (χ0n) is 10.4. The number of ketones is 1. The highest BCUT2D eigenvalue weighted by molar-refractivity contribution is 6.16. The third kappa shape index (κ3) is 1.95. The molecule has 0 saturated carbocycles. The Hall–Kier alpha value is -2.95. The molecule has 0 aliphatic rings. The lowest BCUT2D eigenvalue weighted by Gasteiger charge is -1.99. The maximum absolute atomic E-state index is 12.4. The van der Waals surface area contributed by atoms with Crippen LogP contribution < -0.4 is 0 Å². The Morgan fingerprint density at radius 1 is 1.05 bits per heavy atom. The third-order valence-electron chi connectivity index (χ3n) is 3.17. The van der Waals surface area contributed by atoms with Gasteiger partial charge in [0, 0.05) is 40.4 Å². The van der Waals surface area contributed by atoms with Crippen molar-refractivity contribution in [2.75, 3.05) is 0 Å². The number of aromatic amines is 1. The van der Waals surface area contributed by atoms with Gasteiger partial charge in [0.15, 0.2) is 5.78 Å². The van der Waals surface area contributed by atoms with Crippen molar-refractivity contribution in [3.63, 3.8) is 0 Å². The van der Waals surface area contributed by atoms with Gasteiger partial charge >= 0.3 is 0 Å². The van der Waals surface area contributed by atoms with E-state index < -0.39 is 4.92 Å². The van der Waals surface area contributed by atoms with Gasteiger partial charge in [0.25, 0.3) is 5.69 Å². The van der Waals surface area contributed by atoms with Crippen molar-refractivity contribution in [3.8, 4) is 0 Å². The molecule has 0 aliphatic heterocycles. The van der Waals surface area contributed by atoms with Crippen LogP contribution in [-0.4, -0.2) is 15.7 Å². The fourth-order valence-electron chi connectivity index (χ4n) is 2.15. The molecular formula is C15H10N2O3. The monoisotopic (exact) mass is 266 g/mol. The molecule has 3 aromatic rings. The molecule has 3 rings (SSSR count). The van der Waals surface area contributed by atoms with Gasteiger partial charge in [0.05, 0.1) is 4.92 Å². The van der Waals surface area contributed by atoms with E-state index in [0.29, 0.717) is 11.1 Å². The van der Waals surface area contributed by atoms with Gasteiger partial charge in [0.2, 0.25) is 0 Å². The number of carbonyl (C=O) groups is 1. The van der Waals surface area contributed by atoms with Crippen molar-refractivity contribution in [2.24, 2.45) is 0 Å². The van der Waals surface area contributed by atoms with Gasteiger partial charge < -0.3 is 4.98 Å². The van der Waals surface area contributed by atoms with Gasteiger partial charge in [-0.1, -0.05) is 18.2 Å². The van der Waals surface area contributed by atoms with E-state index in [1.165, 1.54) is 24.3 Å². The molecule has 0 saturated heterocycles. The fourth-order valence-corrected chi connectivity index (χ4v) is 2.15. The minimum Gasteiger partial charge on any atom is -0.360 e. The first-order valence-corrected chi connectivity index (χ1v) is 6.02. The Balaban J connectivity index is 2.02. The maximum atomic E-state index is 12.4.